The molecule has 0 aromatic heterocycles. The average molecular weight is 94.2 g/mol. The number of rotatable bonds is 1. The molecule has 0 heterocycles. The van der Waals surface area contributed by atoms with Crippen molar-refractivity contribution >= 4 is 0 Å². The maximum absolute atomic E-state index is 5.16. The van der Waals surface area contributed by atoms with E-state index in [-0.39, 0.29) is 0 Å². The van der Waals surface area contributed by atoms with Gasteiger partial charge >= 0.3 is 0 Å². The predicted molar refractivity (Wildman–Crippen MR) is 30.7 cm³/mol. The van der Waals surface area contributed by atoms with Gasteiger partial charge in [-0.1, -0.05) is 6.92 Å². The molecule has 38 valence electrons. The summed E-state index contributed by atoms with van der Waals surface area (Å²) in [5.41, 5.74) is 0. The fraction of sp³-hybridized carbons (Fsp3) is 0.714. The molecule has 0 bridgehead atoms. The van der Waals surface area contributed by atoms with Crippen LogP contribution in [0.15, 0.2) is 0 Å². The van der Waals surface area contributed by atoms with Gasteiger partial charge in [-0.15, -0.1) is 12.3 Å². The normalized spacial score (nSPS) is 23.4. The molecular weight excluding hydrogens is 84.1 g/mol. The summed E-state index contributed by atoms with van der Waals surface area (Å²) < 4.78 is 0. The summed E-state index contributed by atoms with van der Waals surface area (Å²) in [6.45, 7) is 2.12. The average Bonchev–Trinajstić information content (AvgIpc) is 2.44. The van der Waals surface area contributed by atoms with Crippen molar-refractivity contribution in [3.05, 3.63) is 0 Å². The summed E-state index contributed by atoms with van der Waals surface area (Å²) in [5.74, 6) is 4.15. The Morgan fingerprint density at radius 3 is 2.43 bits per heavy atom. The van der Waals surface area contributed by atoms with Gasteiger partial charge in [0.2, 0.25) is 0 Å². The molecule has 0 aromatic rings. The first-order chi connectivity index (χ1) is 3.34. The molecule has 0 radical (unpaired) electrons. The first kappa shape index (κ1) is 4.71. The highest BCUT2D eigenvalue weighted by Crippen LogP contribution is 2.35. The lowest BCUT2D eigenvalue weighted by molar-refractivity contribution is 0.651. The van der Waals surface area contributed by atoms with E-state index in [0.29, 0.717) is 5.92 Å². The van der Waals surface area contributed by atoms with Gasteiger partial charge in [-0.3, -0.25) is 0 Å². The fourth-order valence-electron chi connectivity index (χ4n) is 0.732. The summed E-state index contributed by atoms with van der Waals surface area (Å²) in [6.07, 6.45) is 7.90. The van der Waals surface area contributed by atoms with Crippen molar-refractivity contribution < 1.29 is 0 Å². The highest BCUT2D eigenvalue weighted by molar-refractivity contribution is 4.98. The van der Waals surface area contributed by atoms with Gasteiger partial charge < -0.3 is 0 Å². The molecule has 1 atom stereocenters. The Kier molecular flexibility index (Phi) is 1.06. The van der Waals surface area contributed by atoms with E-state index in [0.717, 1.165) is 5.92 Å². The molecule has 0 aromatic carbocycles. The van der Waals surface area contributed by atoms with Crippen LogP contribution in [-0.4, -0.2) is 0 Å². The molecule has 7 heavy (non-hydrogen) atoms. The summed E-state index contributed by atoms with van der Waals surface area (Å²) >= 11 is 0. The van der Waals surface area contributed by atoms with Gasteiger partial charge in [0.05, 0.1) is 0 Å². The molecule has 1 fully saturated rings. The van der Waals surface area contributed by atoms with Crippen LogP contribution in [0.3, 0.4) is 0 Å². The van der Waals surface area contributed by atoms with E-state index in [1.165, 1.54) is 12.8 Å². The highest BCUT2D eigenvalue weighted by atomic mass is 14.3. The number of hydrogen-bond donors (Lipinski definition) is 0. The second-order valence-corrected chi connectivity index (χ2v) is 2.29. The molecule has 1 aliphatic rings. The Morgan fingerprint density at radius 2 is 2.29 bits per heavy atom. The van der Waals surface area contributed by atoms with Crippen LogP contribution in [0.2, 0.25) is 0 Å². The van der Waals surface area contributed by atoms with Crippen molar-refractivity contribution in [2.75, 3.05) is 0 Å². The minimum absolute atomic E-state index is 0.542. The predicted octanol–water partition coefficient (Wildman–Crippen LogP) is 1.67. The summed E-state index contributed by atoms with van der Waals surface area (Å²) in [7, 11) is 0. The van der Waals surface area contributed by atoms with Gasteiger partial charge in [0, 0.05) is 5.92 Å². The third-order valence-electron chi connectivity index (χ3n) is 1.59. The van der Waals surface area contributed by atoms with Crippen LogP contribution in [-0.2, 0) is 0 Å². The van der Waals surface area contributed by atoms with Gasteiger partial charge in [-0.25, -0.2) is 0 Å². The molecular formula is C7H10. The van der Waals surface area contributed by atoms with Crippen LogP contribution in [0, 0.1) is 24.2 Å². The summed E-state index contributed by atoms with van der Waals surface area (Å²) in [4.78, 5) is 0. The molecule has 0 saturated heterocycles. The van der Waals surface area contributed by atoms with Gasteiger partial charge in [0.15, 0.2) is 0 Å². The van der Waals surface area contributed by atoms with Gasteiger partial charge in [0.25, 0.3) is 0 Å². The number of terminal acetylenes is 1. The molecule has 0 spiro atoms. The zero-order valence-corrected chi connectivity index (χ0v) is 4.65. The Morgan fingerprint density at radius 1 is 1.71 bits per heavy atom. The third kappa shape index (κ3) is 0.962. The minimum Gasteiger partial charge on any atom is -0.120 e. The molecule has 1 rings (SSSR count). The Hall–Kier alpha value is -0.440. The zero-order valence-electron chi connectivity index (χ0n) is 4.65. The van der Waals surface area contributed by atoms with Crippen molar-refractivity contribution in [1.82, 2.24) is 0 Å². The Balaban J connectivity index is 2.27. The van der Waals surface area contributed by atoms with E-state index < -0.39 is 0 Å². The first-order valence-electron chi connectivity index (χ1n) is 2.80. The topological polar surface area (TPSA) is 0 Å². The van der Waals surface area contributed by atoms with Crippen LogP contribution in [0.4, 0.5) is 0 Å². The monoisotopic (exact) mass is 94.1 g/mol. The quantitative estimate of drug-likeness (QED) is 0.433. The molecule has 0 amide bonds. The number of hydrogen-bond acceptors (Lipinski definition) is 0. The van der Waals surface area contributed by atoms with E-state index in [9.17, 15) is 0 Å². The fourth-order valence-corrected chi connectivity index (χ4v) is 0.732. The lowest BCUT2D eigenvalue weighted by atomic mass is 10.1. The van der Waals surface area contributed by atoms with E-state index in [1.54, 1.807) is 0 Å². The second kappa shape index (κ2) is 1.58. The third-order valence-corrected chi connectivity index (χ3v) is 1.59. The summed E-state index contributed by atoms with van der Waals surface area (Å²) in [5, 5.41) is 0. The second-order valence-electron chi connectivity index (χ2n) is 2.29. The standard InChI is InChI=1S/C7H10/c1-3-6(2)7-4-5-7/h1,6-7H,4-5H2,2H3/t6-/m1/s1. The van der Waals surface area contributed by atoms with Crippen LogP contribution in [0.25, 0.3) is 0 Å². The minimum atomic E-state index is 0.542. The molecule has 0 N–H and O–H groups in total. The zero-order chi connectivity index (χ0) is 5.28. The van der Waals surface area contributed by atoms with Crippen LogP contribution in [0.1, 0.15) is 19.8 Å². The molecule has 0 heteroatoms. The van der Waals surface area contributed by atoms with Crippen molar-refractivity contribution in [2.24, 2.45) is 11.8 Å². The Bertz CT molecular complexity index is 93.1. The summed E-state index contributed by atoms with van der Waals surface area (Å²) in [6, 6.07) is 0. The van der Waals surface area contributed by atoms with Crippen molar-refractivity contribution in [3.8, 4) is 12.3 Å². The lowest BCUT2D eigenvalue weighted by Crippen LogP contribution is -1.89. The van der Waals surface area contributed by atoms with Crippen LogP contribution < -0.4 is 0 Å². The van der Waals surface area contributed by atoms with Crippen molar-refractivity contribution in [3.63, 3.8) is 0 Å². The highest BCUT2D eigenvalue weighted by Gasteiger charge is 2.25. The lowest BCUT2D eigenvalue weighted by Gasteiger charge is -1.94. The van der Waals surface area contributed by atoms with E-state index >= 15 is 0 Å². The largest absolute Gasteiger partial charge is 0.120 e. The van der Waals surface area contributed by atoms with Gasteiger partial charge in [-0.2, -0.15) is 0 Å². The van der Waals surface area contributed by atoms with E-state index in [1.807, 2.05) is 0 Å². The van der Waals surface area contributed by atoms with Gasteiger partial charge in [-0.05, 0) is 18.8 Å². The smallest absolute Gasteiger partial charge is 0.0200 e. The van der Waals surface area contributed by atoms with E-state index in [2.05, 4.69) is 12.8 Å². The van der Waals surface area contributed by atoms with Crippen LogP contribution >= 0.6 is 0 Å². The molecule has 1 saturated carbocycles. The maximum atomic E-state index is 5.16. The van der Waals surface area contributed by atoms with E-state index in [4.69, 9.17) is 6.42 Å². The Labute approximate surface area is 44.9 Å². The molecule has 0 nitrogen and oxygen atoms in total. The first-order valence-corrected chi connectivity index (χ1v) is 2.80. The van der Waals surface area contributed by atoms with Crippen LogP contribution in [0.5, 0.6) is 0 Å². The maximum Gasteiger partial charge on any atom is 0.0200 e. The SMILES string of the molecule is C#C[C@@H](C)C1CC1. The molecule has 1 aliphatic carbocycles. The molecule has 0 unspecified atom stereocenters. The van der Waals surface area contributed by atoms with Gasteiger partial charge in [0.1, 0.15) is 0 Å². The van der Waals surface area contributed by atoms with Crippen molar-refractivity contribution in [1.29, 1.82) is 0 Å². The molecule has 0 aliphatic heterocycles. The van der Waals surface area contributed by atoms with Crippen molar-refractivity contribution in [2.45, 2.75) is 19.8 Å².